The van der Waals surface area contributed by atoms with E-state index in [-0.39, 0.29) is 10.8 Å². The van der Waals surface area contributed by atoms with E-state index in [0.29, 0.717) is 17.4 Å². The van der Waals surface area contributed by atoms with Gasteiger partial charge >= 0.3 is 0 Å². The molecule has 20 heavy (non-hydrogen) atoms. The lowest BCUT2D eigenvalue weighted by Crippen LogP contribution is -2.31. The van der Waals surface area contributed by atoms with E-state index in [1.165, 1.54) is 12.1 Å². The van der Waals surface area contributed by atoms with Crippen molar-refractivity contribution in [2.24, 2.45) is 11.8 Å². The van der Waals surface area contributed by atoms with Crippen molar-refractivity contribution in [1.82, 2.24) is 10.2 Å². The third-order valence-corrected chi connectivity index (χ3v) is 5.30. The highest BCUT2D eigenvalue weighted by atomic mass is 32.2. The van der Waals surface area contributed by atoms with Crippen LogP contribution in [-0.2, 0) is 9.84 Å². The molecule has 1 aromatic rings. The van der Waals surface area contributed by atoms with Crippen LogP contribution in [0.3, 0.4) is 0 Å². The average Bonchev–Trinajstić information content (AvgIpc) is 2.97. The van der Waals surface area contributed by atoms with Crippen LogP contribution in [0, 0.1) is 11.8 Å². The Kier molecular flexibility index (Phi) is 3.30. The van der Waals surface area contributed by atoms with E-state index in [9.17, 15) is 13.2 Å². The second-order valence-corrected chi connectivity index (χ2v) is 7.70. The molecular weight excluding hydrogens is 276 g/mol. The Bertz CT molecular complexity index is 630. The molecule has 2 fully saturated rings. The van der Waals surface area contributed by atoms with Crippen molar-refractivity contribution in [2.75, 3.05) is 32.4 Å². The summed E-state index contributed by atoms with van der Waals surface area (Å²) in [6.45, 7) is 3.47. The number of rotatable bonds is 2. The van der Waals surface area contributed by atoms with Crippen LogP contribution in [0.5, 0.6) is 0 Å². The predicted molar refractivity (Wildman–Crippen MR) is 75.3 cm³/mol. The fourth-order valence-corrected chi connectivity index (χ4v) is 3.73. The molecule has 2 aliphatic rings. The maximum Gasteiger partial charge on any atom is 0.253 e. The van der Waals surface area contributed by atoms with Crippen molar-refractivity contribution in [1.29, 1.82) is 0 Å². The molecule has 108 valence electrons. The molecule has 0 radical (unpaired) electrons. The Hall–Kier alpha value is -1.40. The summed E-state index contributed by atoms with van der Waals surface area (Å²) in [6, 6.07) is 6.31. The highest BCUT2D eigenvalue weighted by molar-refractivity contribution is 7.90. The first-order valence-corrected chi connectivity index (χ1v) is 8.64. The van der Waals surface area contributed by atoms with Crippen molar-refractivity contribution < 1.29 is 13.2 Å². The van der Waals surface area contributed by atoms with Gasteiger partial charge in [-0.1, -0.05) is 6.07 Å². The van der Waals surface area contributed by atoms with Gasteiger partial charge in [-0.25, -0.2) is 8.42 Å². The molecule has 0 bridgehead atoms. The molecule has 0 spiro atoms. The number of amides is 1. The zero-order chi connectivity index (χ0) is 14.3. The molecule has 0 aliphatic carbocycles. The third-order valence-electron chi connectivity index (χ3n) is 4.19. The Morgan fingerprint density at radius 1 is 1.25 bits per heavy atom. The fraction of sp³-hybridized carbons (Fsp3) is 0.500. The van der Waals surface area contributed by atoms with Crippen LogP contribution in [0.15, 0.2) is 29.2 Å². The van der Waals surface area contributed by atoms with E-state index in [4.69, 9.17) is 0 Å². The summed E-state index contributed by atoms with van der Waals surface area (Å²) in [5, 5.41) is 3.34. The molecule has 0 aromatic heterocycles. The van der Waals surface area contributed by atoms with Crippen LogP contribution in [0.1, 0.15) is 10.4 Å². The van der Waals surface area contributed by atoms with Gasteiger partial charge in [-0.3, -0.25) is 4.79 Å². The fourth-order valence-electron chi connectivity index (χ4n) is 3.06. The number of likely N-dealkylation sites (tertiary alicyclic amines) is 1. The highest BCUT2D eigenvalue weighted by Gasteiger charge is 2.38. The second kappa shape index (κ2) is 4.86. The molecule has 2 unspecified atom stereocenters. The van der Waals surface area contributed by atoms with Gasteiger partial charge in [0.05, 0.1) is 4.90 Å². The lowest BCUT2D eigenvalue weighted by molar-refractivity contribution is 0.0781. The van der Waals surface area contributed by atoms with Crippen molar-refractivity contribution in [3.63, 3.8) is 0 Å². The van der Waals surface area contributed by atoms with E-state index in [2.05, 4.69) is 5.32 Å². The molecule has 1 amide bonds. The van der Waals surface area contributed by atoms with Gasteiger partial charge in [0.15, 0.2) is 9.84 Å². The van der Waals surface area contributed by atoms with Crippen LogP contribution in [-0.4, -0.2) is 51.7 Å². The largest absolute Gasteiger partial charge is 0.338 e. The van der Waals surface area contributed by atoms with Crippen molar-refractivity contribution in [3.05, 3.63) is 29.8 Å². The monoisotopic (exact) mass is 294 g/mol. The molecule has 2 heterocycles. The normalized spacial score (nSPS) is 25.8. The Balaban J connectivity index is 1.81. The highest BCUT2D eigenvalue weighted by Crippen LogP contribution is 2.27. The lowest BCUT2D eigenvalue weighted by Gasteiger charge is -2.17. The zero-order valence-corrected chi connectivity index (χ0v) is 12.2. The van der Waals surface area contributed by atoms with Crippen molar-refractivity contribution >= 4 is 15.7 Å². The van der Waals surface area contributed by atoms with Crippen LogP contribution < -0.4 is 5.32 Å². The molecule has 2 atom stereocenters. The summed E-state index contributed by atoms with van der Waals surface area (Å²) in [4.78, 5) is 14.5. The first-order valence-electron chi connectivity index (χ1n) is 6.75. The smallest absolute Gasteiger partial charge is 0.253 e. The maximum atomic E-state index is 12.5. The minimum Gasteiger partial charge on any atom is -0.338 e. The van der Waals surface area contributed by atoms with Crippen molar-refractivity contribution in [3.8, 4) is 0 Å². The van der Waals surface area contributed by atoms with Gasteiger partial charge in [0, 0.05) is 38.0 Å². The number of carbonyl (C=O) groups is 1. The van der Waals surface area contributed by atoms with E-state index in [1.807, 2.05) is 4.90 Å². The molecule has 1 aromatic carbocycles. The van der Waals surface area contributed by atoms with Crippen LogP contribution in [0.25, 0.3) is 0 Å². The van der Waals surface area contributed by atoms with Crippen LogP contribution in [0.2, 0.25) is 0 Å². The topological polar surface area (TPSA) is 66.5 Å². The van der Waals surface area contributed by atoms with E-state index < -0.39 is 9.84 Å². The number of fused-ring (bicyclic) bond motifs is 1. The summed E-state index contributed by atoms with van der Waals surface area (Å²) in [7, 11) is -3.28. The standard InChI is InChI=1S/C14H18N2O3S/c1-20(18,19)13-4-2-3-10(5-13)14(17)16-8-11-6-15-7-12(11)9-16/h2-5,11-12,15H,6-9H2,1H3. The zero-order valence-electron chi connectivity index (χ0n) is 11.4. The predicted octanol–water partition coefficient (Wildman–Crippen LogP) is 0.382. The number of sulfone groups is 1. The number of carbonyl (C=O) groups excluding carboxylic acids is 1. The SMILES string of the molecule is CS(=O)(=O)c1cccc(C(=O)N2CC3CNCC3C2)c1. The van der Waals surface area contributed by atoms with Crippen molar-refractivity contribution in [2.45, 2.75) is 4.90 Å². The molecule has 2 saturated heterocycles. The Morgan fingerprint density at radius 2 is 1.90 bits per heavy atom. The molecule has 2 aliphatic heterocycles. The van der Waals surface area contributed by atoms with Gasteiger partial charge in [0.25, 0.3) is 5.91 Å². The van der Waals surface area contributed by atoms with E-state index in [1.54, 1.807) is 12.1 Å². The van der Waals surface area contributed by atoms with Gasteiger partial charge < -0.3 is 10.2 Å². The quantitative estimate of drug-likeness (QED) is 0.856. The molecular formula is C14H18N2O3S. The number of benzene rings is 1. The van der Waals surface area contributed by atoms with Gasteiger partial charge in [-0.15, -0.1) is 0 Å². The third kappa shape index (κ3) is 2.45. The van der Waals surface area contributed by atoms with Gasteiger partial charge in [0.1, 0.15) is 0 Å². The summed E-state index contributed by atoms with van der Waals surface area (Å²) >= 11 is 0. The Morgan fingerprint density at radius 3 is 2.50 bits per heavy atom. The summed E-state index contributed by atoms with van der Waals surface area (Å²) in [6.07, 6.45) is 1.16. The van der Waals surface area contributed by atoms with E-state index in [0.717, 1.165) is 32.4 Å². The summed E-state index contributed by atoms with van der Waals surface area (Å²) in [5.74, 6) is 1.01. The maximum absolute atomic E-state index is 12.5. The summed E-state index contributed by atoms with van der Waals surface area (Å²) in [5.41, 5.74) is 0.459. The molecule has 0 saturated carbocycles. The van der Waals surface area contributed by atoms with Gasteiger partial charge in [-0.05, 0) is 30.0 Å². The van der Waals surface area contributed by atoms with Crippen LogP contribution >= 0.6 is 0 Å². The Labute approximate surface area is 118 Å². The molecule has 5 nitrogen and oxygen atoms in total. The average molecular weight is 294 g/mol. The minimum atomic E-state index is -3.28. The summed E-state index contributed by atoms with van der Waals surface area (Å²) < 4.78 is 23.1. The first-order chi connectivity index (χ1) is 9.45. The second-order valence-electron chi connectivity index (χ2n) is 5.69. The first kappa shape index (κ1) is 13.6. The number of nitrogens with zero attached hydrogens (tertiary/aromatic N) is 1. The molecule has 1 N–H and O–H groups in total. The van der Waals surface area contributed by atoms with Crippen LogP contribution in [0.4, 0.5) is 0 Å². The van der Waals surface area contributed by atoms with E-state index >= 15 is 0 Å². The molecule has 6 heteroatoms. The number of nitrogens with one attached hydrogen (secondary N) is 1. The number of hydrogen-bond donors (Lipinski definition) is 1. The van der Waals surface area contributed by atoms with Gasteiger partial charge in [-0.2, -0.15) is 0 Å². The lowest BCUT2D eigenvalue weighted by atomic mass is 10.0. The number of hydrogen-bond acceptors (Lipinski definition) is 4. The minimum absolute atomic E-state index is 0.0649. The molecule has 3 rings (SSSR count). The van der Waals surface area contributed by atoms with Gasteiger partial charge in [0.2, 0.25) is 0 Å².